The lowest BCUT2D eigenvalue weighted by Gasteiger charge is -2.42. The van der Waals surface area contributed by atoms with Gasteiger partial charge in [0.05, 0.1) is 0 Å². The number of hydrogen-bond donors (Lipinski definition) is 1. The number of fused-ring (bicyclic) bond motifs is 1. The van der Waals surface area contributed by atoms with E-state index in [1.54, 1.807) is 32.1 Å². The summed E-state index contributed by atoms with van der Waals surface area (Å²) in [4.78, 5) is 23.4. The Morgan fingerprint density at radius 3 is 2.32 bits per heavy atom. The highest BCUT2D eigenvalue weighted by Gasteiger charge is 2.72. The van der Waals surface area contributed by atoms with Crippen LogP contribution in [0.25, 0.3) is 0 Å². The molecule has 6 heteroatoms. The number of likely N-dealkylation sites (tertiary alicyclic amines) is 1. The van der Waals surface area contributed by atoms with E-state index >= 15 is 0 Å². The first kappa shape index (κ1) is 18.0. The standard InChI is InChI=1S/C19H19Cl2NO3/c1-5-12-6-7-18(20)16(24)22(4)17(25)19(18,21)14(12)13-8-10(2)15(23)11(3)9-13/h5-6,8-9,14,23H,1,7H2,2-4H3. The van der Waals surface area contributed by atoms with Crippen LogP contribution in [0.4, 0.5) is 0 Å². The number of halogens is 2. The van der Waals surface area contributed by atoms with Crippen LogP contribution in [0.15, 0.2) is 36.4 Å². The molecule has 1 fully saturated rings. The molecular weight excluding hydrogens is 361 g/mol. The number of benzene rings is 1. The topological polar surface area (TPSA) is 57.6 Å². The van der Waals surface area contributed by atoms with Crippen molar-refractivity contribution in [2.75, 3.05) is 7.05 Å². The monoisotopic (exact) mass is 379 g/mol. The fourth-order valence-corrected chi connectivity index (χ4v) is 4.83. The third-order valence-corrected chi connectivity index (χ3v) is 6.68. The molecule has 1 aromatic carbocycles. The molecule has 3 atom stereocenters. The van der Waals surface area contributed by atoms with Gasteiger partial charge in [0.1, 0.15) is 5.75 Å². The van der Waals surface area contributed by atoms with Crippen molar-refractivity contribution in [2.45, 2.75) is 35.9 Å². The number of imide groups is 1. The first-order chi connectivity index (χ1) is 11.6. The molecule has 0 saturated carbocycles. The van der Waals surface area contributed by atoms with E-state index in [9.17, 15) is 14.7 Å². The molecule has 1 aliphatic heterocycles. The third-order valence-electron chi connectivity index (χ3n) is 5.27. The fourth-order valence-electron chi connectivity index (χ4n) is 3.90. The maximum Gasteiger partial charge on any atom is 0.253 e. The van der Waals surface area contributed by atoms with E-state index in [0.717, 1.165) is 16.0 Å². The Bertz CT molecular complexity index is 824. The van der Waals surface area contributed by atoms with Crippen molar-refractivity contribution in [1.82, 2.24) is 4.90 Å². The Morgan fingerprint density at radius 2 is 1.80 bits per heavy atom. The molecule has 2 amide bonds. The predicted molar refractivity (Wildman–Crippen MR) is 98.2 cm³/mol. The van der Waals surface area contributed by atoms with E-state index in [-0.39, 0.29) is 12.2 Å². The second kappa shape index (κ2) is 5.61. The molecule has 1 aromatic rings. The highest BCUT2D eigenvalue weighted by molar-refractivity contribution is 6.53. The van der Waals surface area contributed by atoms with Crippen molar-refractivity contribution in [2.24, 2.45) is 0 Å². The van der Waals surface area contributed by atoms with E-state index < -0.39 is 27.5 Å². The summed E-state index contributed by atoms with van der Waals surface area (Å²) in [7, 11) is 1.40. The van der Waals surface area contributed by atoms with Crippen molar-refractivity contribution < 1.29 is 14.7 Å². The van der Waals surface area contributed by atoms with Crippen LogP contribution in [-0.4, -0.2) is 38.6 Å². The maximum absolute atomic E-state index is 12.9. The van der Waals surface area contributed by atoms with Gasteiger partial charge in [0.25, 0.3) is 11.8 Å². The van der Waals surface area contributed by atoms with E-state index in [1.165, 1.54) is 7.05 Å². The number of carbonyl (C=O) groups excluding carboxylic acids is 2. The quantitative estimate of drug-likeness (QED) is 0.631. The third kappa shape index (κ3) is 2.14. The van der Waals surface area contributed by atoms with Crippen LogP contribution >= 0.6 is 23.2 Å². The molecule has 0 bridgehead atoms. The van der Waals surface area contributed by atoms with Gasteiger partial charge in [0, 0.05) is 13.0 Å². The first-order valence-electron chi connectivity index (χ1n) is 7.92. The van der Waals surface area contributed by atoms with Crippen LogP contribution in [0.1, 0.15) is 29.0 Å². The summed E-state index contributed by atoms with van der Waals surface area (Å²) in [5.41, 5.74) is 2.78. The fraction of sp³-hybridized carbons (Fsp3) is 0.368. The number of rotatable bonds is 2. The van der Waals surface area contributed by atoms with Crippen LogP contribution in [-0.2, 0) is 9.59 Å². The van der Waals surface area contributed by atoms with E-state index in [1.807, 2.05) is 6.08 Å². The number of amides is 2. The number of alkyl halides is 2. The van der Waals surface area contributed by atoms with Crippen molar-refractivity contribution >= 4 is 35.0 Å². The summed E-state index contributed by atoms with van der Waals surface area (Å²) in [6, 6.07) is 3.54. The summed E-state index contributed by atoms with van der Waals surface area (Å²) in [6.45, 7) is 7.37. The Hall–Kier alpha value is -1.78. The SMILES string of the molecule is C=CC1=CCC2(Cl)C(=O)N(C)C(=O)C2(Cl)C1c1cc(C)c(O)c(C)c1. The molecule has 132 valence electrons. The largest absolute Gasteiger partial charge is 0.507 e. The highest BCUT2D eigenvalue weighted by Crippen LogP contribution is 2.59. The summed E-state index contributed by atoms with van der Waals surface area (Å²) < 4.78 is 0. The molecular formula is C19H19Cl2NO3. The zero-order chi connectivity index (χ0) is 18.7. The van der Waals surface area contributed by atoms with Gasteiger partial charge < -0.3 is 5.11 Å². The minimum absolute atomic E-state index is 0.154. The molecule has 1 N–H and O–H groups in total. The van der Waals surface area contributed by atoms with Crippen LogP contribution in [0.3, 0.4) is 0 Å². The van der Waals surface area contributed by atoms with Crippen molar-refractivity contribution in [3.8, 4) is 5.75 Å². The molecule has 25 heavy (non-hydrogen) atoms. The number of allylic oxidation sites excluding steroid dienone is 3. The molecule has 1 heterocycles. The number of nitrogens with zero attached hydrogens (tertiary/aromatic N) is 1. The number of aromatic hydroxyl groups is 1. The molecule has 3 rings (SSSR count). The molecule has 4 nitrogen and oxygen atoms in total. The smallest absolute Gasteiger partial charge is 0.253 e. The van der Waals surface area contributed by atoms with Gasteiger partial charge in [-0.25, -0.2) is 0 Å². The Labute approximate surface area is 156 Å². The maximum atomic E-state index is 12.9. The zero-order valence-corrected chi connectivity index (χ0v) is 15.8. The lowest BCUT2D eigenvalue weighted by molar-refractivity contribution is -0.137. The van der Waals surface area contributed by atoms with Crippen LogP contribution in [0, 0.1) is 13.8 Å². The van der Waals surface area contributed by atoms with Gasteiger partial charge >= 0.3 is 0 Å². The predicted octanol–water partition coefficient (Wildman–Crippen LogP) is 3.56. The van der Waals surface area contributed by atoms with Crippen LogP contribution < -0.4 is 0 Å². The molecule has 1 aliphatic carbocycles. The van der Waals surface area contributed by atoms with Gasteiger partial charge in [-0.3, -0.25) is 14.5 Å². The number of carbonyl (C=O) groups is 2. The van der Waals surface area contributed by atoms with Gasteiger partial charge in [-0.1, -0.05) is 30.9 Å². The molecule has 0 aromatic heterocycles. The second-order valence-electron chi connectivity index (χ2n) is 6.73. The summed E-state index contributed by atoms with van der Waals surface area (Å²) in [5.74, 6) is -1.46. The Balaban J connectivity index is 2.31. The first-order valence-corrected chi connectivity index (χ1v) is 8.68. The average Bonchev–Trinajstić information content (AvgIpc) is 2.71. The summed E-state index contributed by atoms with van der Waals surface area (Å²) in [5, 5.41) is 10.1. The highest BCUT2D eigenvalue weighted by atomic mass is 35.5. The van der Waals surface area contributed by atoms with Crippen molar-refractivity contribution in [3.05, 3.63) is 53.1 Å². The Morgan fingerprint density at radius 1 is 1.24 bits per heavy atom. The lowest BCUT2D eigenvalue weighted by atomic mass is 9.68. The van der Waals surface area contributed by atoms with Crippen LogP contribution in [0.5, 0.6) is 5.75 Å². The van der Waals surface area contributed by atoms with Gasteiger partial charge in [0.15, 0.2) is 9.75 Å². The van der Waals surface area contributed by atoms with Gasteiger partial charge in [-0.2, -0.15) is 0 Å². The van der Waals surface area contributed by atoms with Gasteiger partial charge in [0.2, 0.25) is 0 Å². The molecule has 0 radical (unpaired) electrons. The molecule has 3 unspecified atom stereocenters. The minimum atomic E-state index is -1.64. The van der Waals surface area contributed by atoms with Crippen molar-refractivity contribution in [1.29, 1.82) is 0 Å². The van der Waals surface area contributed by atoms with Crippen LogP contribution in [0.2, 0.25) is 0 Å². The van der Waals surface area contributed by atoms with Crippen molar-refractivity contribution in [3.63, 3.8) is 0 Å². The van der Waals surface area contributed by atoms with E-state index in [2.05, 4.69) is 6.58 Å². The molecule has 0 spiro atoms. The zero-order valence-electron chi connectivity index (χ0n) is 14.3. The Kier molecular flexibility index (Phi) is 4.05. The minimum Gasteiger partial charge on any atom is -0.507 e. The number of hydrogen-bond acceptors (Lipinski definition) is 3. The lowest BCUT2D eigenvalue weighted by Crippen LogP contribution is -2.54. The van der Waals surface area contributed by atoms with Gasteiger partial charge in [-0.05, 0) is 42.5 Å². The average molecular weight is 380 g/mol. The number of phenols is 1. The summed E-state index contributed by atoms with van der Waals surface area (Å²) >= 11 is 13.5. The number of phenolic OH excluding ortho intramolecular Hbond substituents is 1. The molecule has 2 aliphatic rings. The van der Waals surface area contributed by atoms with Gasteiger partial charge in [-0.15, -0.1) is 23.2 Å². The normalized spacial score (nSPS) is 31.8. The number of aryl methyl sites for hydroxylation is 2. The van der Waals surface area contributed by atoms with E-state index in [0.29, 0.717) is 11.1 Å². The van der Waals surface area contributed by atoms with E-state index in [4.69, 9.17) is 23.2 Å². The molecule has 1 saturated heterocycles. The second-order valence-corrected chi connectivity index (χ2v) is 7.97. The summed E-state index contributed by atoms with van der Waals surface area (Å²) in [6.07, 6.45) is 3.60.